The number of alkyl halides is 3. The Hall–Kier alpha value is -2.21. The summed E-state index contributed by atoms with van der Waals surface area (Å²) in [6.45, 7) is 4.58. The van der Waals surface area contributed by atoms with Crippen LogP contribution in [-0.4, -0.2) is 12.5 Å². The summed E-state index contributed by atoms with van der Waals surface area (Å²) >= 11 is 5.87. The Labute approximate surface area is 148 Å². The maximum absolute atomic E-state index is 12.8. The van der Waals surface area contributed by atoms with Gasteiger partial charge in [0.15, 0.2) is 0 Å². The third kappa shape index (κ3) is 5.39. The minimum atomic E-state index is -4.51. The van der Waals surface area contributed by atoms with Gasteiger partial charge in [-0.05, 0) is 48.4 Å². The molecule has 7 heteroatoms. The lowest BCUT2D eigenvalue weighted by Crippen LogP contribution is -2.13. The van der Waals surface area contributed by atoms with E-state index in [9.17, 15) is 18.0 Å². The lowest BCUT2D eigenvalue weighted by Gasteiger charge is -2.12. The second-order valence-electron chi connectivity index (χ2n) is 5.88. The number of benzene rings is 2. The van der Waals surface area contributed by atoms with Crippen LogP contribution in [0.3, 0.4) is 0 Å². The molecule has 0 fully saturated rings. The second kappa shape index (κ2) is 7.78. The number of rotatable bonds is 5. The summed E-state index contributed by atoms with van der Waals surface area (Å²) in [5.41, 5.74) is -0.698. The molecule has 3 nitrogen and oxygen atoms in total. The number of anilines is 1. The van der Waals surface area contributed by atoms with Crippen LogP contribution < -0.4 is 10.1 Å². The average molecular weight is 372 g/mol. The Morgan fingerprint density at radius 3 is 2.36 bits per heavy atom. The van der Waals surface area contributed by atoms with Crippen molar-refractivity contribution in [1.82, 2.24) is 0 Å². The van der Waals surface area contributed by atoms with Crippen LogP contribution in [-0.2, 0) is 6.18 Å². The number of halogens is 4. The van der Waals surface area contributed by atoms with Gasteiger partial charge in [-0.25, -0.2) is 0 Å². The standard InChI is InChI=1S/C18H17ClF3NO2/c1-11(2)10-25-14-6-3-12(4-7-14)17(24)23-16-9-13(18(20,21)22)5-8-15(16)19/h3-9,11H,10H2,1-2H3,(H,23,24). The molecule has 134 valence electrons. The van der Waals surface area contributed by atoms with Gasteiger partial charge in [0.2, 0.25) is 0 Å². The molecule has 2 rings (SSSR count). The first-order valence-electron chi connectivity index (χ1n) is 7.58. The van der Waals surface area contributed by atoms with E-state index in [1.807, 2.05) is 13.8 Å². The Kier molecular flexibility index (Phi) is 5.95. The zero-order valence-electron chi connectivity index (χ0n) is 13.7. The first-order chi connectivity index (χ1) is 11.7. The van der Waals surface area contributed by atoms with Crippen LogP contribution >= 0.6 is 11.6 Å². The van der Waals surface area contributed by atoms with Gasteiger partial charge in [-0.3, -0.25) is 4.79 Å². The fourth-order valence-electron chi connectivity index (χ4n) is 1.96. The average Bonchev–Trinajstić information content (AvgIpc) is 2.54. The minimum Gasteiger partial charge on any atom is -0.493 e. The van der Waals surface area contributed by atoms with Crippen LogP contribution in [0.4, 0.5) is 18.9 Å². The van der Waals surface area contributed by atoms with E-state index >= 15 is 0 Å². The van der Waals surface area contributed by atoms with Crippen molar-refractivity contribution in [1.29, 1.82) is 0 Å². The van der Waals surface area contributed by atoms with Gasteiger partial charge >= 0.3 is 6.18 Å². The highest BCUT2D eigenvalue weighted by atomic mass is 35.5. The zero-order chi connectivity index (χ0) is 18.6. The monoisotopic (exact) mass is 371 g/mol. The highest BCUT2D eigenvalue weighted by molar-refractivity contribution is 6.34. The first-order valence-corrected chi connectivity index (χ1v) is 7.95. The molecule has 1 N–H and O–H groups in total. The van der Waals surface area contributed by atoms with Crippen LogP contribution in [0, 0.1) is 5.92 Å². The largest absolute Gasteiger partial charge is 0.493 e. The molecule has 2 aromatic rings. The van der Waals surface area contributed by atoms with Gasteiger partial charge in [-0.1, -0.05) is 25.4 Å². The van der Waals surface area contributed by atoms with E-state index in [0.29, 0.717) is 18.3 Å². The molecule has 0 atom stereocenters. The molecule has 0 aliphatic rings. The maximum atomic E-state index is 12.8. The number of carbonyl (C=O) groups is 1. The Balaban J connectivity index is 2.12. The molecule has 0 saturated carbocycles. The van der Waals surface area contributed by atoms with E-state index in [4.69, 9.17) is 16.3 Å². The van der Waals surface area contributed by atoms with Crippen molar-refractivity contribution >= 4 is 23.2 Å². The van der Waals surface area contributed by atoms with Crippen molar-refractivity contribution in [3.8, 4) is 5.75 Å². The molecular formula is C18H17ClF3NO2. The van der Waals surface area contributed by atoms with E-state index in [-0.39, 0.29) is 16.3 Å². The Morgan fingerprint density at radius 1 is 1.16 bits per heavy atom. The van der Waals surface area contributed by atoms with Gasteiger partial charge in [0.1, 0.15) is 5.75 Å². The third-order valence-electron chi connectivity index (χ3n) is 3.24. The number of hydrogen-bond acceptors (Lipinski definition) is 2. The molecule has 25 heavy (non-hydrogen) atoms. The van der Waals surface area contributed by atoms with Gasteiger partial charge in [0.25, 0.3) is 5.91 Å². The van der Waals surface area contributed by atoms with E-state index in [0.717, 1.165) is 18.2 Å². The minimum absolute atomic E-state index is 0.0261. The Morgan fingerprint density at radius 2 is 1.80 bits per heavy atom. The molecule has 1 amide bonds. The highest BCUT2D eigenvalue weighted by Gasteiger charge is 2.31. The first kappa shape index (κ1) is 19.1. The number of carbonyl (C=O) groups excluding carboxylic acids is 1. The van der Waals surface area contributed by atoms with Gasteiger partial charge in [-0.15, -0.1) is 0 Å². The molecule has 0 heterocycles. The molecule has 0 saturated heterocycles. The summed E-state index contributed by atoms with van der Waals surface area (Å²) in [4.78, 5) is 12.2. The highest BCUT2D eigenvalue weighted by Crippen LogP contribution is 2.34. The summed E-state index contributed by atoms with van der Waals surface area (Å²) in [5.74, 6) is 0.421. The van der Waals surface area contributed by atoms with Crippen LogP contribution in [0.25, 0.3) is 0 Å². The fraction of sp³-hybridized carbons (Fsp3) is 0.278. The molecule has 0 radical (unpaired) electrons. The number of hydrogen-bond donors (Lipinski definition) is 1. The maximum Gasteiger partial charge on any atom is 0.416 e. The van der Waals surface area contributed by atoms with Crippen molar-refractivity contribution in [2.45, 2.75) is 20.0 Å². The molecule has 0 aromatic heterocycles. The molecule has 0 spiro atoms. The lowest BCUT2D eigenvalue weighted by molar-refractivity contribution is -0.137. The van der Waals surface area contributed by atoms with Crippen molar-refractivity contribution in [2.75, 3.05) is 11.9 Å². The van der Waals surface area contributed by atoms with Crippen molar-refractivity contribution in [3.63, 3.8) is 0 Å². The second-order valence-corrected chi connectivity index (χ2v) is 6.28. The topological polar surface area (TPSA) is 38.3 Å². The quantitative estimate of drug-likeness (QED) is 0.738. The van der Waals surface area contributed by atoms with Crippen molar-refractivity contribution in [3.05, 3.63) is 58.6 Å². The predicted molar refractivity (Wildman–Crippen MR) is 91.2 cm³/mol. The predicted octanol–water partition coefficient (Wildman–Crippen LogP) is 5.65. The summed E-state index contributed by atoms with van der Waals surface area (Å²) in [7, 11) is 0. The van der Waals surface area contributed by atoms with E-state index in [1.54, 1.807) is 12.1 Å². The number of nitrogens with one attached hydrogen (secondary N) is 1. The van der Waals surface area contributed by atoms with Gasteiger partial charge < -0.3 is 10.1 Å². The molecule has 2 aromatic carbocycles. The normalized spacial score (nSPS) is 11.5. The molecule has 0 bridgehead atoms. The van der Waals surface area contributed by atoms with Crippen molar-refractivity contribution < 1.29 is 22.7 Å². The van der Waals surface area contributed by atoms with E-state index in [1.165, 1.54) is 12.1 Å². The molecular weight excluding hydrogens is 355 g/mol. The summed E-state index contributed by atoms with van der Waals surface area (Å²) in [6.07, 6.45) is -4.51. The molecule has 0 aliphatic heterocycles. The number of amides is 1. The lowest BCUT2D eigenvalue weighted by atomic mass is 10.1. The van der Waals surface area contributed by atoms with Crippen molar-refractivity contribution in [2.24, 2.45) is 5.92 Å². The van der Waals surface area contributed by atoms with E-state index < -0.39 is 17.6 Å². The summed E-state index contributed by atoms with van der Waals surface area (Å²) in [5, 5.41) is 2.42. The van der Waals surface area contributed by atoms with Crippen LogP contribution in [0.5, 0.6) is 5.75 Å². The van der Waals surface area contributed by atoms with Crippen LogP contribution in [0.15, 0.2) is 42.5 Å². The van der Waals surface area contributed by atoms with Gasteiger partial charge in [0, 0.05) is 5.56 Å². The zero-order valence-corrected chi connectivity index (χ0v) is 14.4. The molecule has 0 aliphatic carbocycles. The smallest absolute Gasteiger partial charge is 0.416 e. The molecule has 0 unspecified atom stereocenters. The van der Waals surface area contributed by atoms with Crippen LogP contribution in [0.1, 0.15) is 29.8 Å². The summed E-state index contributed by atoms with van der Waals surface area (Å²) < 4.78 is 43.8. The SMILES string of the molecule is CC(C)COc1ccc(C(=O)Nc2cc(C(F)(F)F)ccc2Cl)cc1. The van der Waals surface area contributed by atoms with Gasteiger partial charge in [-0.2, -0.15) is 13.2 Å². The third-order valence-corrected chi connectivity index (χ3v) is 3.57. The van der Waals surface area contributed by atoms with E-state index in [2.05, 4.69) is 5.32 Å². The Bertz CT molecular complexity index is 743. The van der Waals surface area contributed by atoms with Crippen LogP contribution in [0.2, 0.25) is 5.02 Å². The fourth-order valence-corrected chi connectivity index (χ4v) is 2.12. The van der Waals surface area contributed by atoms with Gasteiger partial charge in [0.05, 0.1) is 22.9 Å². The summed E-state index contributed by atoms with van der Waals surface area (Å²) in [6, 6.07) is 9.09. The number of ether oxygens (including phenoxy) is 1.